The second-order valence-corrected chi connectivity index (χ2v) is 9.41. The highest BCUT2D eigenvalue weighted by Crippen LogP contribution is 2.13. The van der Waals surface area contributed by atoms with Gasteiger partial charge in [-0.25, -0.2) is 26.3 Å². The van der Waals surface area contributed by atoms with Gasteiger partial charge >= 0.3 is 0 Å². The maximum Gasteiger partial charge on any atom is 0.264 e. The molecule has 12 heteroatoms. The van der Waals surface area contributed by atoms with E-state index >= 15 is 0 Å². The molecule has 29 heavy (non-hydrogen) atoms. The monoisotopic (exact) mass is 440 g/mol. The van der Waals surface area contributed by atoms with E-state index in [1.807, 2.05) is 9.44 Å². The van der Waals surface area contributed by atoms with Crippen molar-refractivity contribution in [2.75, 3.05) is 11.5 Å². The number of benzene rings is 2. The molecule has 0 heterocycles. The lowest BCUT2D eigenvalue weighted by atomic mass is 10.2. The van der Waals surface area contributed by atoms with Crippen molar-refractivity contribution in [2.24, 2.45) is 0 Å². The molecule has 0 unspecified atom stereocenters. The minimum absolute atomic E-state index is 0.0494. The van der Waals surface area contributed by atoms with Gasteiger partial charge in [-0.15, -0.1) is 0 Å². The van der Waals surface area contributed by atoms with Crippen molar-refractivity contribution in [3.8, 4) is 0 Å². The summed E-state index contributed by atoms with van der Waals surface area (Å²) in [6.07, 6.45) is -0.626. The zero-order valence-electron chi connectivity index (χ0n) is 15.2. The number of rotatable bonds is 8. The van der Waals surface area contributed by atoms with Crippen molar-refractivity contribution >= 4 is 43.2 Å². The minimum Gasteiger partial charge on any atom is -0.399 e. The zero-order valence-corrected chi connectivity index (χ0v) is 16.8. The Kier molecular flexibility index (Phi) is 6.82. The Labute approximate surface area is 168 Å². The molecule has 2 aromatic carbocycles. The molecule has 6 N–H and O–H groups in total. The fourth-order valence-electron chi connectivity index (χ4n) is 2.22. The van der Waals surface area contributed by atoms with Crippen LogP contribution in [0, 0.1) is 0 Å². The number of carbonyl (C=O) groups excluding carboxylic acids is 2. The van der Waals surface area contributed by atoms with Crippen LogP contribution in [0.1, 0.15) is 19.3 Å². The van der Waals surface area contributed by atoms with Crippen LogP contribution >= 0.6 is 0 Å². The van der Waals surface area contributed by atoms with Gasteiger partial charge in [0, 0.05) is 24.2 Å². The van der Waals surface area contributed by atoms with E-state index in [0.29, 0.717) is 11.4 Å². The number of nitrogen functional groups attached to an aromatic ring is 2. The number of hydrogen-bond donors (Lipinski definition) is 4. The minimum atomic E-state index is -4.06. The van der Waals surface area contributed by atoms with Crippen LogP contribution in [0.4, 0.5) is 11.4 Å². The van der Waals surface area contributed by atoms with Gasteiger partial charge in [-0.05, 0) is 55.0 Å². The first-order valence-electron chi connectivity index (χ1n) is 8.32. The van der Waals surface area contributed by atoms with Gasteiger partial charge in [0.05, 0.1) is 9.79 Å². The van der Waals surface area contributed by atoms with E-state index in [-0.39, 0.29) is 29.1 Å². The first-order chi connectivity index (χ1) is 13.5. The largest absolute Gasteiger partial charge is 0.399 e. The molecule has 2 rings (SSSR count). The Morgan fingerprint density at radius 3 is 1.28 bits per heavy atom. The number of carbonyl (C=O) groups is 2. The molecular weight excluding hydrogens is 420 g/mol. The Balaban J connectivity index is 1.84. The molecule has 2 aromatic rings. The number of nitrogens with one attached hydrogen (secondary N) is 2. The lowest BCUT2D eigenvalue weighted by Crippen LogP contribution is -2.32. The normalized spacial score (nSPS) is 11.6. The van der Waals surface area contributed by atoms with Gasteiger partial charge in [0.15, 0.2) is 0 Å². The molecule has 10 nitrogen and oxygen atoms in total. The number of anilines is 2. The predicted molar refractivity (Wildman–Crippen MR) is 106 cm³/mol. The summed E-state index contributed by atoms with van der Waals surface area (Å²) < 4.78 is 52.1. The average molecular weight is 441 g/mol. The molecule has 0 atom stereocenters. The lowest BCUT2D eigenvalue weighted by Gasteiger charge is -2.08. The summed E-state index contributed by atoms with van der Waals surface area (Å²) in [5.74, 6) is -1.65. The molecule has 0 aromatic heterocycles. The molecule has 0 spiro atoms. The van der Waals surface area contributed by atoms with Crippen molar-refractivity contribution in [3.05, 3.63) is 48.5 Å². The highest BCUT2D eigenvalue weighted by molar-refractivity contribution is 7.90. The van der Waals surface area contributed by atoms with Crippen molar-refractivity contribution in [3.63, 3.8) is 0 Å². The Morgan fingerprint density at radius 1 is 0.655 bits per heavy atom. The van der Waals surface area contributed by atoms with Crippen LogP contribution < -0.4 is 20.9 Å². The molecule has 2 amide bonds. The first-order valence-corrected chi connectivity index (χ1v) is 11.3. The number of hydrogen-bond acceptors (Lipinski definition) is 8. The van der Waals surface area contributed by atoms with Crippen LogP contribution in [0.3, 0.4) is 0 Å². The molecule has 0 saturated heterocycles. The summed E-state index contributed by atoms with van der Waals surface area (Å²) >= 11 is 0. The number of nitrogens with two attached hydrogens (primary N) is 2. The van der Waals surface area contributed by atoms with Gasteiger partial charge in [-0.2, -0.15) is 0 Å². The summed E-state index contributed by atoms with van der Waals surface area (Å²) in [7, 11) is -8.11. The summed E-state index contributed by atoms with van der Waals surface area (Å²) in [5.41, 5.74) is 11.7. The van der Waals surface area contributed by atoms with Crippen molar-refractivity contribution in [2.45, 2.75) is 29.1 Å². The molecule has 0 aliphatic rings. The van der Waals surface area contributed by atoms with Crippen LogP contribution in [0.5, 0.6) is 0 Å². The molecule has 0 radical (unpaired) electrons. The Hall–Kier alpha value is -3.12. The van der Waals surface area contributed by atoms with E-state index < -0.39 is 31.9 Å². The summed E-state index contributed by atoms with van der Waals surface area (Å²) in [6, 6.07) is 10.5. The standard InChI is InChI=1S/C17H20N4O6S2/c18-12-4-8-14(9-5-12)28(24,25)20-16(22)2-1-3-17(23)21-29(26,27)15-10-6-13(19)7-11-15/h4-11H,1-3,18-19H2,(H,20,22)(H,21,23). The van der Waals surface area contributed by atoms with Crippen LogP contribution in [0.15, 0.2) is 58.3 Å². The summed E-state index contributed by atoms with van der Waals surface area (Å²) in [4.78, 5) is 23.4. The average Bonchev–Trinajstić information content (AvgIpc) is 2.61. The van der Waals surface area contributed by atoms with Gasteiger partial charge in [-0.1, -0.05) is 0 Å². The van der Waals surface area contributed by atoms with E-state index in [2.05, 4.69) is 0 Å². The number of amides is 2. The van der Waals surface area contributed by atoms with Crippen molar-refractivity contribution < 1.29 is 26.4 Å². The Bertz CT molecular complexity index is 1010. The van der Waals surface area contributed by atoms with E-state index in [1.54, 1.807) is 0 Å². The molecule has 0 aliphatic carbocycles. The van der Waals surface area contributed by atoms with Gasteiger partial charge in [0.25, 0.3) is 20.0 Å². The quantitative estimate of drug-likeness (QED) is 0.424. The lowest BCUT2D eigenvalue weighted by molar-refractivity contribution is -0.120. The molecule has 0 bridgehead atoms. The van der Waals surface area contributed by atoms with Crippen molar-refractivity contribution in [1.29, 1.82) is 0 Å². The number of sulfonamides is 2. The van der Waals surface area contributed by atoms with Crippen LogP contribution in [-0.4, -0.2) is 28.6 Å². The van der Waals surface area contributed by atoms with E-state index in [1.165, 1.54) is 48.5 Å². The molecule has 0 aliphatic heterocycles. The fraction of sp³-hybridized carbons (Fsp3) is 0.176. The molecular formula is C17H20N4O6S2. The second kappa shape index (κ2) is 8.92. The topological polar surface area (TPSA) is 179 Å². The molecule has 0 saturated carbocycles. The third kappa shape index (κ3) is 6.47. The van der Waals surface area contributed by atoms with Crippen LogP contribution in [-0.2, 0) is 29.6 Å². The molecule has 0 fully saturated rings. The van der Waals surface area contributed by atoms with E-state index in [0.717, 1.165) is 0 Å². The van der Waals surface area contributed by atoms with Crippen molar-refractivity contribution in [1.82, 2.24) is 9.44 Å². The summed E-state index contributed by atoms with van der Waals surface area (Å²) in [6.45, 7) is 0. The second-order valence-electron chi connectivity index (χ2n) is 6.05. The Morgan fingerprint density at radius 2 is 0.966 bits per heavy atom. The van der Waals surface area contributed by atoms with Crippen LogP contribution in [0.25, 0.3) is 0 Å². The van der Waals surface area contributed by atoms with Crippen LogP contribution in [0.2, 0.25) is 0 Å². The van der Waals surface area contributed by atoms with E-state index in [4.69, 9.17) is 11.5 Å². The van der Waals surface area contributed by atoms with Gasteiger partial charge in [0.2, 0.25) is 11.8 Å². The predicted octanol–water partition coefficient (Wildman–Crippen LogP) is 0.331. The maximum atomic E-state index is 12.1. The van der Waals surface area contributed by atoms with Gasteiger partial charge < -0.3 is 11.5 Å². The van der Waals surface area contributed by atoms with E-state index in [9.17, 15) is 26.4 Å². The third-order valence-electron chi connectivity index (χ3n) is 3.68. The summed E-state index contributed by atoms with van der Waals surface area (Å²) in [5, 5.41) is 0. The van der Waals surface area contributed by atoms with Gasteiger partial charge in [0.1, 0.15) is 0 Å². The zero-order chi connectivity index (χ0) is 21.7. The SMILES string of the molecule is Nc1ccc(S(=O)(=O)NC(=O)CCCC(=O)NS(=O)(=O)c2ccc(N)cc2)cc1. The highest BCUT2D eigenvalue weighted by atomic mass is 32.2. The van der Waals surface area contributed by atoms with Gasteiger partial charge in [-0.3, -0.25) is 9.59 Å². The fourth-order valence-corrected chi connectivity index (χ4v) is 4.25. The third-order valence-corrected chi connectivity index (χ3v) is 6.46. The molecule has 156 valence electrons. The first kappa shape index (κ1) is 22.2. The maximum absolute atomic E-state index is 12.1. The smallest absolute Gasteiger partial charge is 0.264 e. The highest BCUT2D eigenvalue weighted by Gasteiger charge is 2.19.